The number of amides is 1. The van der Waals surface area contributed by atoms with Gasteiger partial charge in [-0.05, 0) is 39.0 Å². The topological polar surface area (TPSA) is 34.5 Å². The SMILES string of the molecule is CCOc1cccc2c1ccn2CC(=O)N(C)C(C)C. The molecule has 2 aromatic rings. The van der Waals surface area contributed by atoms with E-state index < -0.39 is 0 Å². The van der Waals surface area contributed by atoms with Gasteiger partial charge in [-0.2, -0.15) is 0 Å². The highest BCUT2D eigenvalue weighted by atomic mass is 16.5. The molecule has 0 aliphatic rings. The first kappa shape index (κ1) is 14.4. The van der Waals surface area contributed by atoms with Crippen molar-refractivity contribution in [1.82, 2.24) is 9.47 Å². The molecule has 0 spiro atoms. The maximum Gasteiger partial charge on any atom is 0.242 e. The zero-order valence-corrected chi connectivity index (χ0v) is 12.6. The molecule has 1 amide bonds. The molecule has 20 heavy (non-hydrogen) atoms. The molecular formula is C16H22N2O2. The van der Waals surface area contributed by atoms with Gasteiger partial charge in [0, 0.05) is 24.7 Å². The molecule has 108 valence electrons. The van der Waals surface area contributed by atoms with Crippen molar-refractivity contribution in [2.75, 3.05) is 13.7 Å². The van der Waals surface area contributed by atoms with Crippen molar-refractivity contribution in [2.24, 2.45) is 0 Å². The van der Waals surface area contributed by atoms with E-state index in [-0.39, 0.29) is 11.9 Å². The lowest BCUT2D eigenvalue weighted by atomic mass is 10.2. The van der Waals surface area contributed by atoms with E-state index >= 15 is 0 Å². The molecule has 0 radical (unpaired) electrons. The molecule has 0 saturated carbocycles. The quantitative estimate of drug-likeness (QED) is 0.840. The minimum atomic E-state index is 0.110. The molecule has 4 nitrogen and oxygen atoms in total. The van der Waals surface area contributed by atoms with Crippen molar-refractivity contribution in [1.29, 1.82) is 0 Å². The lowest BCUT2D eigenvalue weighted by Gasteiger charge is -2.21. The summed E-state index contributed by atoms with van der Waals surface area (Å²) in [5, 5.41) is 1.05. The van der Waals surface area contributed by atoms with Crippen LogP contribution in [-0.4, -0.2) is 35.1 Å². The van der Waals surface area contributed by atoms with E-state index in [4.69, 9.17) is 4.74 Å². The van der Waals surface area contributed by atoms with Gasteiger partial charge in [0.1, 0.15) is 12.3 Å². The number of nitrogens with zero attached hydrogens (tertiary/aromatic N) is 2. The van der Waals surface area contributed by atoms with Gasteiger partial charge in [-0.15, -0.1) is 0 Å². The summed E-state index contributed by atoms with van der Waals surface area (Å²) in [5.41, 5.74) is 1.03. The van der Waals surface area contributed by atoms with Gasteiger partial charge in [-0.1, -0.05) is 6.07 Å². The van der Waals surface area contributed by atoms with Gasteiger partial charge in [0.05, 0.1) is 12.1 Å². The average molecular weight is 274 g/mol. The van der Waals surface area contributed by atoms with Crippen molar-refractivity contribution < 1.29 is 9.53 Å². The molecule has 1 aromatic carbocycles. The van der Waals surface area contributed by atoms with Crippen LogP contribution in [0.5, 0.6) is 5.75 Å². The summed E-state index contributed by atoms with van der Waals surface area (Å²) in [5.74, 6) is 0.979. The molecule has 1 aromatic heterocycles. The van der Waals surface area contributed by atoms with E-state index in [1.165, 1.54) is 0 Å². The first-order valence-electron chi connectivity index (χ1n) is 7.01. The summed E-state index contributed by atoms with van der Waals surface area (Å²) < 4.78 is 7.59. The molecule has 0 fully saturated rings. The molecular weight excluding hydrogens is 252 g/mol. The Bertz CT molecular complexity index is 602. The van der Waals surface area contributed by atoms with Crippen LogP contribution < -0.4 is 4.74 Å². The van der Waals surface area contributed by atoms with E-state index in [1.54, 1.807) is 4.90 Å². The fourth-order valence-corrected chi connectivity index (χ4v) is 2.16. The molecule has 0 aliphatic carbocycles. The Balaban J connectivity index is 2.28. The second kappa shape index (κ2) is 5.99. The third kappa shape index (κ3) is 2.79. The van der Waals surface area contributed by atoms with Gasteiger partial charge in [-0.25, -0.2) is 0 Å². The zero-order chi connectivity index (χ0) is 14.7. The molecule has 0 saturated heterocycles. The maximum absolute atomic E-state index is 12.2. The highest BCUT2D eigenvalue weighted by Crippen LogP contribution is 2.26. The Hall–Kier alpha value is -1.97. The van der Waals surface area contributed by atoms with Crippen LogP contribution >= 0.6 is 0 Å². The van der Waals surface area contributed by atoms with E-state index in [9.17, 15) is 4.79 Å². The minimum Gasteiger partial charge on any atom is -0.493 e. The van der Waals surface area contributed by atoms with Gasteiger partial charge >= 0.3 is 0 Å². The number of aromatic nitrogens is 1. The van der Waals surface area contributed by atoms with Crippen LogP contribution in [0.4, 0.5) is 0 Å². The second-order valence-corrected chi connectivity index (χ2v) is 5.16. The first-order chi connectivity index (χ1) is 9.54. The van der Waals surface area contributed by atoms with Crippen LogP contribution in [0.2, 0.25) is 0 Å². The molecule has 2 rings (SSSR count). The first-order valence-corrected chi connectivity index (χ1v) is 7.01. The van der Waals surface area contributed by atoms with E-state index in [0.717, 1.165) is 16.7 Å². The Labute approximate surface area is 119 Å². The fourth-order valence-electron chi connectivity index (χ4n) is 2.16. The van der Waals surface area contributed by atoms with Crippen molar-refractivity contribution in [3.8, 4) is 5.75 Å². The highest BCUT2D eigenvalue weighted by Gasteiger charge is 2.14. The van der Waals surface area contributed by atoms with Crippen molar-refractivity contribution in [2.45, 2.75) is 33.4 Å². The van der Waals surface area contributed by atoms with Gasteiger partial charge in [0.15, 0.2) is 0 Å². The third-order valence-electron chi connectivity index (χ3n) is 3.55. The van der Waals surface area contributed by atoms with Gasteiger partial charge in [-0.3, -0.25) is 4.79 Å². The largest absolute Gasteiger partial charge is 0.493 e. The maximum atomic E-state index is 12.2. The smallest absolute Gasteiger partial charge is 0.242 e. The number of hydrogen-bond donors (Lipinski definition) is 0. The van der Waals surface area contributed by atoms with Gasteiger partial charge in [0.2, 0.25) is 5.91 Å². The normalized spacial score (nSPS) is 11.1. The molecule has 0 aliphatic heterocycles. The molecule has 4 heteroatoms. The van der Waals surface area contributed by atoms with Crippen LogP contribution in [0, 0.1) is 0 Å². The van der Waals surface area contributed by atoms with Gasteiger partial charge < -0.3 is 14.2 Å². The summed E-state index contributed by atoms with van der Waals surface area (Å²) in [6, 6.07) is 8.14. The number of hydrogen-bond acceptors (Lipinski definition) is 2. The van der Waals surface area contributed by atoms with Crippen molar-refractivity contribution >= 4 is 16.8 Å². The number of ether oxygens (including phenoxy) is 1. The Kier molecular flexibility index (Phi) is 4.32. The van der Waals surface area contributed by atoms with E-state index in [1.807, 2.05) is 62.8 Å². The van der Waals surface area contributed by atoms with Crippen LogP contribution in [0.15, 0.2) is 30.5 Å². The molecule has 1 heterocycles. The summed E-state index contributed by atoms with van der Waals surface area (Å²) in [4.78, 5) is 13.9. The highest BCUT2D eigenvalue weighted by molar-refractivity contribution is 5.88. The summed E-state index contributed by atoms with van der Waals surface area (Å²) in [7, 11) is 1.84. The van der Waals surface area contributed by atoms with Crippen molar-refractivity contribution in [3.63, 3.8) is 0 Å². The number of rotatable bonds is 5. The summed E-state index contributed by atoms with van der Waals surface area (Å²) >= 11 is 0. The molecule has 0 bridgehead atoms. The third-order valence-corrected chi connectivity index (χ3v) is 3.55. The number of likely N-dealkylation sites (N-methyl/N-ethyl adjacent to an activating group) is 1. The lowest BCUT2D eigenvalue weighted by Crippen LogP contribution is -2.35. The van der Waals surface area contributed by atoms with E-state index in [0.29, 0.717) is 13.2 Å². The van der Waals surface area contributed by atoms with Crippen molar-refractivity contribution in [3.05, 3.63) is 30.5 Å². The number of carbonyl (C=O) groups is 1. The van der Waals surface area contributed by atoms with Crippen LogP contribution in [-0.2, 0) is 11.3 Å². The predicted octanol–water partition coefficient (Wildman–Crippen LogP) is 2.91. The van der Waals surface area contributed by atoms with Crippen LogP contribution in [0.3, 0.4) is 0 Å². The average Bonchev–Trinajstić information content (AvgIpc) is 2.82. The monoisotopic (exact) mass is 274 g/mol. The zero-order valence-electron chi connectivity index (χ0n) is 12.6. The van der Waals surface area contributed by atoms with Gasteiger partial charge in [0.25, 0.3) is 0 Å². The lowest BCUT2D eigenvalue weighted by molar-refractivity contribution is -0.131. The molecule has 0 unspecified atom stereocenters. The fraction of sp³-hybridized carbons (Fsp3) is 0.438. The molecule has 0 N–H and O–H groups in total. The van der Waals surface area contributed by atoms with Crippen LogP contribution in [0.25, 0.3) is 10.9 Å². The Morgan fingerprint density at radius 3 is 2.75 bits per heavy atom. The molecule has 0 atom stereocenters. The summed E-state index contributed by atoms with van der Waals surface area (Å²) in [6.45, 7) is 6.99. The Morgan fingerprint density at radius 2 is 2.10 bits per heavy atom. The standard InChI is InChI=1S/C16H22N2O2/c1-5-20-15-8-6-7-14-13(15)9-10-18(14)11-16(19)17(4)12(2)3/h6-10,12H,5,11H2,1-4H3. The number of carbonyl (C=O) groups excluding carboxylic acids is 1. The van der Waals surface area contributed by atoms with E-state index in [2.05, 4.69) is 0 Å². The number of benzene rings is 1. The Morgan fingerprint density at radius 1 is 1.35 bits per heavy atom. The van der Waals surface area contributed by atoms with Crippen LogP contribution in [0.1, 0.15) is 20.8 Å². The minimum absolute atomic E-state index is 0.110. The predicted molar refractivity (Wildman–Crippen MR) is 81.0 cm³/mol. The number of fused-ring (bicyclic) bond motifs is 1. The summed E-state index contributed by atoms with van der Waals surface area (Å²) in [6.07, 6.45) is 1.94. The second-order valence-electron chi connectivity index (χ2n) is 5.16.